The fourth-order valence-electron chi connectivity index (χ4n) is 4.34. The van der Waals surface area contributed by atoms with E-state index in [1.165, 1.54) is 16.7 Å². The third-order valence-electron chi connectivity index (χ3n) is 6.54. The molecule has 1 saturated heterocycles. The Labute approximate surface area is 206 Å². The average molecular weight is 522 g/mol. The van der Waals surface area contributed by atoms with Gasteiger partial charge in [0, 0.05) is 42.5 Å². The topological polar surface area (TPSA) is 128 Å². The number of sulfonamides is 1. The fraction of sp³-hybridized carbons (Fsp3) is 0.478. The Morgan fingerprint density at radius 2 is 1.89 bits per heavy atom. The van der Waals surface area contributed by atoms with Crippen molar-refractivity contribution in [1.29, 1.82) is 5.26 Å². The zero-order valence-electron chi connectivity index (χ0n) is 20.0. The van der Waals surface area contributed by atoms with Crippen LogP contribution in [0.4, 0.5) is 19.1 Å². The van der Waals surface area contributed by atoms with Crippen molar-refractivity contribution < 1.29 is 21.6 Å². The summed E-state index contributed by atoms with van der Waals surface area (Å²) in [5.41, 5.74) is -0.0516. The number of piperidine rings is 1. The van der Waals surface area contributed by atoms with E-state index in [9.17, 15) is 26.9 Å². The van der Waals surface area contributed by atoms with E-state index in [2.05, 4.69) is 25.3 Å². The quantitative estimate of drug-likeness (QED) is 0.499. The normalized spacial score (nSPS) is 16.8. The van der Waals surface area contributed by atoms with E-state index in [1.807, 2.05) is 13.0 Å². The predicted molar refractivity (Wildman–Crippen MR) is 128 cm³/mol. The lowest BCUT2D eigenvalue weighted by Crippen LogP contribution is -2.44. The van der Waals surface area contributed by atoms with Gasteiger partial charge in [-0.25, -0.2) is 27.7 Å². The van der Waals surface area contributed by atoms with Crippen LogP contribution >= 0.6 is 0 Å². The molecule has 13 heteroatoms. The van der Waals surface area contributed by atoms with Crippen LogP contribution in [0.3, 0.4) is 0 Å². The SMILES string of the molecule is CC(Nc1ncc(C#N)c(-c2c[nH]c3ncc(C(F)(F)F)cc23)n1)C1CCN(S(=O)(=O)C(C)C)CC1. The van der Waals surface area contributed by atoms with Crippen LogP contribution in [0.5, 0.6) is 0 Å². The zero-order chi connectivity index (χ0) is 26.3. The summed E-state index contributed by atoms with van der Waals surface area (Å²) >= 11 is 0. The lowest BCUT2D eigenvalue weighted by Gasteiger charge is -2.35. The summed E-state index contributed by atoms with van der Waals surface area (Å²) in [6.45, 7) is 6.14. The van der Waals surface area contributed by atoms with Gasteiger partial charge in [-0.15, -0.1) is 0 Å². The highest BCUT2D eigenvalue weighted by atomic mass is 32.2. The number of hydrogen-bond donors (Lipinski definition) is 2. The van der Waals surface area contributed by atoms with E-state index in [-0.39, 0.29) is 40.2 Å². The van der Waals surface area contributed by atoms with E-state index in [0.29, 0.717) is 31.5 Å². The van der Waals surface area contributed by atoms with Crippen molar-refractivity contribution in [1.82, 2.24) is 24.2 Å². The lowest BCUT2D eigenvalue weighted by atomic mass is 9.91. The van der Waals surface area contributed by atoms with Crippen molar-refractivity contribution in [2.75, 3.05) is 18.4 Å². The lowest BCUT2D eigenvalue weighted by molar-refractivity contribution is -0.137. The maximum Gasteiger partial charge on any atom is 0.417 e. The highest BCUT2D eigenvalue weighted by Crippen LogP contribution is 2.35. The Kier molecular flexibility index (Phi) is 6.94. The highest BCUT2D eigenvalue weighted by Gasteiger charge is 2.33. The molecule has 1 aliphatic heterocycles. The number of halogens is 3. The number of nitriles is 1. The fourth-order valence-corrected chi connectivity index (χ4v) is 5.66. The van der Waals surface area contributed by atoms with E-state index >= 15 is 0 Å². The summed E-state index contributed by atoms with van der Waals surface area (Å²) in [7, 11) is -3.30. The molecule has 0 radical (unpaired) electrons. The molecule has 36 heavy (non-hydrogen) atoms. The Balaban J connectivity index is 1.57. The minimum Gasteiger partial charge on any atom is -0.351 e. The van der Waals surface area contributed by atoms with Crippen LogP contribution in [0.2, 0.25) is 0 Å². The molecule has 0 saturated carbocycles. The van der Waals surface area contributed by atoms with E-state index in [0.717, 1.165) is 12.3 Å². The van der Waals surface area contributed by atoms with Gasteiger partial charge in [0.05, 0.1) is 28.3 Å². The molecule has 9 nitrogen and oxygen atoms in total. The van der Waals surface area contributed by atoms with Crippen LogP contribution in [0.25, 0.3) is 22.3 Å². The van der Waals surface area contributed by atoms with Crippen molar-refractivity contribution in [2.24, 2.45) is 5.92 Å². The monoisotopic (exact) mass is 521 g/mol. The van der Waals surface area contributed by atoms with Crippen LogP contribution in [-0.4, -0.2) is 57.0 Å². The largest absolute Gasteiger partial charge is 0.417 e. The summed E-state index contributed by atoms with van der Waals surface area (Å²) in [5.74, 6) is 0.390. The molecule has 0 amide bonds. The van der Waals surface area contributed by atoms with Gasteiger partial charge in [-0.3, -0.25) is 0 Å². The molecular weight excluding hydrogens is 495 g/mol. The van der Waals surface area contributed by atoms with Gasteiger partial charge in [0.15, 0.2) is 0 Å². The predicted octanol–water partition coefficient (Wildman–Crippen LogP) is 4.16. The number of anilines is 1. The Morgan fingerprint density at radius 3 is 2.50 bits per heavy atom. The second-order valence-electron chi connectivity index (χ2n) is 9.15. The second-order valence-corrected chi connectivity index (χ2v) is 11.6. The number of H-pyrrole nitrogens is 1. The molecule has 0 aliphatic carbocycles. The summed E-state index contributed by atoms with van der Waals surface area (Å²) < 4.78 is 66.1. The number of hydrogen-bond acceptors (Lipinski definition) is 7. The minimum atomic E-state index is -4.56. The van der Waals surface area contributed by atoms with Crippen LogP contribution in [0.15, 0.2) is 24.7 Å². The first-order valence-corrected chi connectivity index (χ1v) is 13.0. The molecule has 0 aromatic carbocycles. The number of aromatic nitrogens is 4. The van der Waals surface area contributed by atoms with Gasteiger partial charge in [0.2, 0.25) is 16.0 Å². The molecule has 0 bridgehead atoms. The van der Waals surface area contributed by atoms with E-state index < -0.39 is 27.0 Å². The number of rotatable bonds is 6. The minimum absolute atomic E-state index is 0.101. The van der Waals surface area contributed by atoms with Gasteiger partial charge in [-0.2, -0.15) is 18.4 Å². The molecular formula is C23H26F3N7O2S. The first kappa shape index (κ1) is 25.8. The molecule has 0 spiro atoms. The molecule has 1 unspecified atom stereocenters. The van der Waals surface area contributed by atoms with Crippen molar-refractivity contribution in [2.45, 2.75) is 51.1 Å². The molecule has 4 heterocycles. The van der Waals surface area contributed by atoms with Crippen molar-refractivity contribution in [3.8, 4) is 17.3 Å². The Morgan fingerprint density at radius 1 is 1.19 bits per heavy atom. The van der Waals surface area contributed by atoms with Crippen molar-refractivity contribution in [3.63, 3.8) is 0 Å². The molecule has 2 N–H and O–H groups in total. The van der Waals surface area contributed by atoms with E-state index in [4.69, 9.17) is 0 Å². The second kappa shape index (κ2) is 9.67. The standard InChI is InChI=1S/C23H26F3N7O2S/c1-13(2)36(34,35)33-6-4-15(5-7-33)14(3)31-22-30-10-16(9-27)20(32-22)19-12-29-21-18(19)8-17(11-28-21)23(24,25)26/h8,10-15H,4-7H2,1-3H3,(H,28,29)(H,30,31,32). The van der Waals surface area contributed by atoms with Crippen molar-refractivity contribution in [3.05, 3.63) is 35.8 Å². The van der Waals surface area contributed by atoms with Gasteiger partial charge in [-0.05, 0) is 45.6 Å². The van der Waals surface area contributed by atoms with Crippen LogP contribution in [0.1, 0.15) is 44.7 Å². The molecule has 1 fully saturated rings. The number of nitrogens with zero attached hydrogens (tertiary/aromatic N) is 5. The van der Waals surface area contributed by atoms with Gasteiger partial charge in [0.25, 0.3) is 0 Å². The van der Waals surface area contributed by atoms with Crippen LogP contribution < -0.4 is 5.32 Å². The number of pyridine rings is 1. The van der Waals surface area contributed by atoms with Crippen LogP contribution in [0, 0.1) is 17.2 Å². The third-order valence-corrected chi connectivity index (χ3v) is 8.82. The van der Waals surface area contributed by atoms with Gasteiger partial charge in [0.1, 0.15) is 11.7 Å². The number of fused-ring (bicyclic) bond motifs is 1. The zero-order valence-corrected chi connectivity index (χ0v) is 20.8. The first-order valence-electron chi connectivity index (χ1n) is 11.5. The van der Waals surface area contributed by atoms with Crippen LogP contribution in [-0.2, 0) is 16.2 Å². The van der Waals surface area contributed by atoms with Gasteiger partial charge in [-0.1, -0.05) is 0 Å². The summed E-state index contributed by atoms with van der Waals surface area (Å²) in [5, 5.41) is 12.5. The molecule has 192 valence electrons. The molecule has 1 atom stereocenters. The molecule has 1 aliphatic rings. The Hall–Kier alpha value is -3.24. The van der Waals surface area contributed by atoms with E-state index in [1.54, 1.807) is 13.8 Å². The average Bonchev–Trinajstić information content (AvgIpc) is 3.26. The smallest absolute Gasteiger partial charge is 0.351 e. The number of alkyl halides is 3. The molecule has 3 aromatic heterocycles. The summed E-state index contributed by atoms with van der Waals surface area (Å²) in [6, 6.07) is 2.87. The van der Waals surface area contributed by atoms with Crippen molar-refractivity contribution >= 4 is 27.0 Å². The third kappa shape index (κ3) is 5.01. The van der Waals surface area contributed by atoms with Gasteiger partial charge < -0.3 is 10.3 Å². The maximum absolute atomic E-state index is 13.2. The van der Waals surface area contributed by atoms with Gasteiger partial charge >= 0.3 is 6.18 Å². The number of aromatic amines is 1. The molecule has 3 aromatic rings. The Bertz CT molecular complexity index is 1410. The summed E-state index contributed by atoms with van der Waals surface area (Å²) in [6.07, 6.45) is 0.315. The summed E-state index contributed by atoms with van der Waals surface area (Å²) in [4.78, 5) is 15.4. The maximum atomic E-state index is 13.2. The first-order chi connectivity index (χ1) is 16.9. The number of nitrogens with one attached hydrogen (secondary N) is 2. The molecule has 4 rings (SSSR count). The highest BCUT2D eigenvalue weighted by molar-refractivity contribution is 7.89.